The minimum Gasteiger partial charge on any atom is -0.508 e. The van der Waals surface area contributed by atoms with Crippen LogP contribution in [0.4, 0.5) is 19.0 Å². The van der Waals surface area contributed by atoms with E-state index in [2.05, 4.69) is 21.1 Å². The van der Waals surface area contributed by atoms with Crippen LogP contribution in [-0.2, 0) is 0 Å². The van der Waals surface area contributed by atoms with Gasteiger partial charge in [0, 0.05) is 55.1 Å². The van der Waals surface area contributed by atoms with Crippen LogP contribution in [0.2, 0.25) is 0 Å². The van der Waals surface area contributed by atoms with E-state index in [1.165, 1.54) is 28.8 Å². The van der Waals surface area contributed by atoms with Crippen LogP contribution in [0.1, 0.15) is 56.6 Å². The molecule has 9 rings (SSSR count). The number of hydrogen-bond acceptors (Lipinski definition) is 8. The molecule has 1 saturated carbocycles. The predicted molar refractivity (Wildman–Crippen MR) is 175 cm³/mol. The number of phenols is 1. The molecule has 4 aromatic rings. The molecule has 2 N–H and O–H groups in total. The molecule has 5 aliphatic rings. The normalized spacial score (nSPS) is 26.8. The lowest BCUT2D eigenvalue weighted by Gasteiger charge is -2.34. The number of terminal acetylenes is 1. The van der Waals surface area contributed by atoms with Crippen LogP contribution in [0.5, 0.6) is 11.8 Å². The number of rotatable bonds is 6. The molecule has 0 amide bonds. The molecule has 2 bridgehead atoms. The molecule has 4 aliphatic heterocycles. The summed E-state index contributed by atoms with van der Waals surface area (Å²) in [4.78, 5) is 28.2. The summed E-state index contributed by atoms with van der Waals surface area (Å²) in [7, 11) is 0. The van der Waals surface area contributed by atoms with Gasteiger partial charge in [0.1, 0.15) is 41.1 Å². The van der Waals surface area contributed by atoms with Gasteiger partial charge in [-0.1, -0.05) is 12.0 Å². The maximum atomic E-state index is 17.5. The number of nitrogens with zero attached hydrogens (tertiary/aromatic N) is 5. The second-order valence-corrected chi connectivity index (χ2v) is 14.2. The van der Waals surface area contributed by atoms with Gasteiger partial charge in [0.05, 0.1) is 16.8 Å². The summed E-state index contributed by atoms with van der Waals surface area (Å²) in [6.07, 6.45) is 10.1. The molecule has 2 unspecified atom stereocenters. The first-order chi connectivity index (χ1) is 23.2. The van der Waals surface area contributed by atoms with Crippen molar-refractivity contribution in [3.63, 3.8) is 0 Å². The number of piperazine rings is 1. The van der Waals surface area contributed by atoms with Crippen LogP contribution in [-0.4, -0.2) is 81.1 Å². The number of hydrogen-bond donors (Lipinski definition) is 2. The first-order valence-electron chi connectivity index (χ1n) is 16.8. The zero-order valence-electron chi connectivity index (χ0n) is 26.3. The molecule has 2 aromatic heterocycles. The third-order valence-corrected chi connectivity index (χ3v) is 11.1. The Balaban J connectivity index is 1.28. The average molecular weight is 657 g/mol. The third-order valence-electron chi connectivity index (χ3n) is 11.1. The Hall–Kier alpha value is -4.34. The van der Waals surface area contributed by atoms with Gasteiger partial charge in [-0.05, 0) is 68.7 Å². The summed E-state index contributed by atoms with van der Waals surface area (Å²) < 4.78 is 54.8. The van der Waals surface area contributed by atoms with Crippen molar-refractivity contribution in [1.29, 1.82) is 0 Å². The van der Waals surface area contributed by atoms with Gasteiger partial charge in [-0.3, -0.25) is 9.69 Å². The zero-order valence-corrected chi connectivity index (χ0v) is 26.3. The third kappa shape index (κ3) is 4.58. The summed E-state index contributed by atoms with van der Waals surface area (Å²) in [6.45, 7) is 2.44. The number of pyridine rings is 1. The van der Waals surface area contributed by atoms with Crippen LogP contribution < -0.4 is 20.5 Å². The van der Waals surface area contributed by atoms with E-state index in [0.29, 0.717) is 50.1 Å². The quantitative estimate of drug-likeness (QED) is 0.286. The highest BCUT2D eigenvalue weighted by Crippen LogP contribution is 2.45. The van der Waals surface area contributed by atoms with Gasteiger partial charge >= 0.3 is 6.01 Å². The number of ether oxygens (including phenoxy) is 1. The fourth-order valence-corrected chi connectivity index (χ4v) is 8.82. The van der Waals surface area contributed by atoms with E-state index >= 15 is 8.78 Å². The van der Waals surface area contributed by atoms with Gasteiger partial charge in [-0.15, -0.1) is 6.42 Å². The number of benzene rings is 2. The number of aromatic hydroxyl groups is 1. The number of fused-ring (bicyclic) bond motifs is 5. The SMILES string of the molecule is C#Cc1c(F)ccc2cc(O)cc(-c3c(F)c4nc(OC[C@@]56CCCN5C[C@H](F)C6)nc(N5CC6CCC(C5)N6)c4c(=O)n3C3CC3)c12. The van der Waals surface area contributed by atoms with Crippen molar-refractivity contribution in [3.05, 3.63) is 51.8 Å². The van der Waals surface area contributed by atoms with E-state index in [1.807, 2.05) is 4.90 Å². The fourth-order valence-electron chi connectivity index (χ4n) is 8.82. The monoisotopic (exact) mass is 656 g/mol. The van der Waals surface area contributed by atoms with Gasteiger partial charge in [-0.25, -0.2) is 13.2 Å². The topological polar surface area (TPSA) is 95.8 Å². The molecule has 0 radical (unpaired) electrons. The molecule has 1 aliphatic carbocycles. The second kappa shape index (κ2) is 10.8. The molecule has 48 heavy (non-hydrogen) atoms. The number of alkyl halides is 1. The Morgan fingerprint density at radius 3 is 2.62 bits per heavy atom. The van der Waals surface area contributed by atoms with Crippen molar-refractivity contribution in [2.24, 2.45) is 0 Å². The number of phenolic OH excluding ortho intramolecular Hbond substituents is 1. The van der Waals surface area contributed by atoms with Crippen LogP contribution >= 0.6 is 0 Å². The van der Waals surface area contributed by atoms with Crippen molar-refractivity contribution in [3.8, 4) is 35.4 Å². The van der Waals surface area contributed by atoms with Gasteiger partial charge in [0.2, 0.25) is 0 Å². The summed E-state index contributed by atoms with van der Waals surface area (Å²) in [5.41, 5.74) is -1.29. The van der Waals surface area contributed by atoms with Crippen molar-refractivity contribution in [1.82, 2.24) is 24.8 Å². The van der Waals surface area contributed by atoms with E-state index < -0.39 is 28.9 Å². The lowest BCUT2D eigenvalue weighted by molar-refractivity contribution is 0.107. The molecule has 6 heterocycles. The summed E-state index contributed by atoms with van der Waals surface area (Å²) >= 11 is 0. The van der Waals surface area contributed by atoms with Gasteiger partial charge in [0.15, 0.2) is 5.82 Å². The Kier molecular flexibility index (Phi) is 6.72. The zero-order chi connectivity index (χ0) is 32.9. The molecule has 12 heteroatoms. The van der Waals surface area contributed by atoms with Gasteiger partial charge in [-0.2, -0.15) is 9.97 Å². The van der Waals surface area contributed by atoms with E-state index in [-0.39, 0.29) is 69.6 Å². The molecular weight excluding hydrogens is 621 g/mol. The van der Waals surface area contributed by atoms with Crippen molar-refractivity contribution in [2.45, 2.75) is 74.8 Å². The van der Waals surface area contributed by atoms with E-state index in [0.717, 1.165) is 32.2 Å². The van der Waals surface area contributed by atoms with Crippen molar-refractivity contribution in [2.75, 3.05) is 37.7 Å². The molecule has 0 spiro atoms. The lowest BCUT2D eigenvalue weighted by Crippen LogP contribution is -2.51. The van der Waals surface area contributed by atoms with Crippen LogP contribution in [0, 0.1) is 24.0 Å². The first-order valence-corrected chi connectivity index (χ1v) is 16.8. The highest BCUT2D eigenvalue weighted by Gasteiger charge is 2.49. The minimum absolute atomic E-state index is 0.0509. The van der Waals surface area contributed by atoms with Gasteiger partial charge in [0.25, 0.3) is 5.56 Å². The summed E-state index contributed by atoms with van der Waals surface area (Å²) in [6, 6.07) is 5.43. The first kappa shape index (κ1) is 29.8. The molecule has 4 saturated heterocycles. The average Bonchev–Trinajstić information content (AvgIpc) is 3.65. The Bertz CT molecular complexity index is 2100. The predicted octanol–water partition coefficient (Wildman–Crippen LogP) is 4.81. The molecule has 5 fully saturated rings. The van der Waals surface area contributed by atoms with Crippen molar-refractivity contribution >= 4 is 27.5 Å². The number of aromatic nitrogens is 3. The van der Waals surface area contributed by atoms with E-state index in [1.54, 1.807) is 0 Å². The Labute approximate surface area is 274 Å². The molecule has 2 aromatic carbocycles. The summed E-state index contributed by atoms with van der Waals surface area (Å²) in [5.74, 6) is 1.03. The lowest BCUT2D eigenvalue weighted by atomic mass is 9.95. The van der Waals surface area contributed by atoms with E-state index in [9.17, 15) is 14.3 Å². The van der Waals surface area contributed by atoms with Crippen LogP contribution in [0.25, 0.3) is 32.9 Å². The maximum absolute atomic E-state index is 17.5. The maximum Gasteiger partial charge on any atom is 0.319 e. The standard InChI is InChI=1S/C36H35F3N6O3/c1-2-25-27(38)9-4-19-12-24(46)13-26(28(19)25)32-30(39)31-29(34(47)45(32)23-7-8-23)33(43-16-21-5-6-22(17-43)40-21)42-35(41-31)48-18-36-10-3-11-44(36)15-20(37)14-36/h1,4,9,12-13,20-23,40,46H,3,5-8,10-11,14-18H2/t20-,21?,22?,36+/m1/s1. The van der Waals surface area contributed by atoms with Crippen LogP contribution in [0.3, 0.4) is 0 Å². The van der Waals surface area contributed by atoms with Crippen molar-refractivity contribution < 1.29 is 23.0 Å². The smallest absolute Gasteiger partial charge is 0.319 e. The van der Waals surface area contributed by atoms with Gasteiger partial charge < -0.3 is 24.6 Å². The number of halogens is 3. The largest absolute Gasteiger partial charge is 0.508 e. The number of anilines is 1. The molecular formula is C36H35F3N6O3. The number of nitrogens with one attached hydrogen (secondary N) is 1. The Morgan fingerprint density at radius 1 is 1.08 bits per heavy atom. The summed E-state index contributed by atoms with van der Waals surface area (Å²) in [5, 5.41) is 15.0. The fraction of sp³-hybridized carbons (Fsp3) is 0.472. The second-order valence-electron chi connectivity index (χ2n) is 14.2. The molecule has 9 nitrogen and oxygen atoms in total. The van der Waals surface area contributed by atoms with E-state index in [4.69, 9.17) is 16.1 Å². The minimum atomic E-state index is -0.950. The molecule has 4 atom stereocenters. The highest BCUT2D eigenvalue weighted by atomic mass is 19.1. The molecule has 248 valence electrons. The Morgan fingerprint density at radius 2 is 1.88 bits per heavy atom. The van der Waals surface area contributed by atoms with Crippen LogP contribution in [0.15, 0.2) is 29.1 Å². The highest BCUT2D eigenvalue weighted by molar-refractivity contribution is 6.03.